The molecule has 7 heteroatoms. The number of pyridine rings is 1. The molecule has 0 aliphatic carbocycles. The summed E-state index contributed by atoms with van der Waals surface area (Å²) < 4.78 is 28.2. The third kappa shape index (κ3) is 2.69. The zero-order valence-corrected chi connectivity index (χ0v) is 15.1. The lowest BCUT2D eigenvalue weighted by Crippen LogP contribution is -2.23. The number of hydrogen-bond acceptors (Lipinski definition) is 4. The SMILES string of the molecule is CN(C)S(=O)(=O)c1ccc2c(c1)N(Cc1cnc3ccccn13)CC2. The Morgan fingerprint density at radius 1 is 1.20 bits per heavy atom. The number of anilines is 1. The van der Waals surface area contributed by atoms with Gasteiger partial charge >= 0.3 is 0 Å². The second-order valence-corrected chi connectivity index (χ2v) is 8.58. The van der Waals surface area contributed by atoms with Crippen LogP contribution in [0.25, 0.3) is 5.65 Å². The summed E-state index contributed by atoms with van der Waals surface area (Å²) in [6.07, 6.45) is 4.81. The van der Waals surface area contributed by atoms with Crippen LogP contribution in [0.3, 0.4) is 0 Å². The van der Waals surface area contributed by atoms with E-state index in [4.69, 9.17) is 0 Å². The average Bonchev–Trinajstić information content (AvgIpc) is 3.19. The molecular weight excluding hydrogens is 336 g/mol. The number of imidazole rings is 1. The minimum atomic E-state index is -3.43. The van der Waals surface area contributed by atoms with E-state index in [2.05, 4.69) is 14.3 Å². The molecule has 6 nitrogen and oxygen atoms in total. The van der Waals surface area contributed by atoms with Gasteiger partial charge in [0.1, 0.15) is 5.65 Å². The first kappa shape index (κ1) is 16.1. The van der Waals surface area contributed by atoms with Gasteiger partial charge in [-0.25, -0.2) is 17.7 Å². The largest absolute Gasteiger partial charge is 0.365 e. The Hall–Kier alpha value is -2.38. The molecule has 0 radical (unpaired) electrons. The van der Waals surface area contributed by atoms with E-state index < -0.39 is 10.0 Å². The maximum atomic E-state index is 12.4. The summed E-state index contributed by atoms with van der Waals surface area (Å²) in [6.45, 7) is 1.57. The van der Waals surface area contributed by atoms with Gasteiger partial charge in [0.15, 0.2) is 0 Å². The van der Waals surface area contributed by atoms with E-state index in [-0.39, 0.29) is 0 Å². The van der Waals surface area contributed by atoms with Crippen LogP contribution in [-0.2, 0) is 23.0 Å². The van der Waals surface area contributed by atoms with Crippen LogP contribution in [0.5, 0.6) is 0 Å². The summed E-state index contributed by atoms with van der Waals surface area (Å²) in [5.41, 5.74) is 4.19. The summed E-state index contributed by atoms with van der Waals surface area (Å²) in [7, 11) is -0.321. The quantitative estimate of drug-likeness (QED) is 0.719. The van der Waals surface area contributed by atoms with Crippen LogP contribution in [0.2, 0.25) is 0 Å². The van der Waals surface area contributed by atoms with E-state index in [0.717, 1.165) is 30.0 Å². The number of nitrogens with zero attached hydrogens (tertiary/aromatic N) is 4. The van der Waals surface area contributed by atoms with Crippen LogP contribution < -0.4 is 4.90 Å². The lowest BCUT2D eigenvalue weighted by molar-refractivity contribution is 0.521. The molecular formula is C18H20N4O2S. The Morgan fingerprint density at radius 2 is 2.04 bits per heavy atom. The van der Waals surface area contributed by atoms with Gasteiger partial charge in [-0.15, -0.1) is 0 Å². The Balaban J connectivity index is 1.69. The number of fused-ring (bicyclic) bond motifs is 2. The van der Waals surface area contributed by atoms with Gasteiger partial charge in [-0.05, 0) is 36.2 Å². The molecule has 3 heterocycles. The molecule has 2 aromatic heterocycles. The summed E-state index contributed by atoms with van der Waals surface area (Å²) in [5.74, 6) is 0. The van der Waals surface area contributed by atoms with Gasteiger partial charge in [0.2, 0.25) is 10.0 Å². The Kier molecular flexibility index (Phi) is 3.77. The van der Waals surface area contributed by atoms with Crippen molar-refractivity contribution in [3.8, 4) is 0 Å². The molecule has 0 bridgehead atoms. The first-order chi connectivity index (χ1) is 12.0. The van der Waals surface area contributed by atoms with Crippen molar-refractivity contribution < 1.29 is 8.42 Å². The third-order valence-electron chi connectivity index (χ3n) is 4.67. The van der Waals surface area contributed by atoms with Crippen molar-refractivity contribution in [2.75, 3.05) is 25.5 Å². The smallest absolute Gasteiger partial charge is 0.242 e. The molecule has 0 amide bonds. The lowest BCUT2D eigenvalue weighted by Gasteiger charge is -2.20. The van der Waals surface area contributed by atoms with Gasteiger partial charge in [0.25, 0.3) is 0 Å². The van der Waals surface area contributed by atoms with E-state index in [1.54, 1.807) is 26.2 Å². The number of benzene rings is 1. The van der Waals surface area contributed by atoms with Gasteiger partial charge in [-0.3, -0.25) is 0 Å². The molecule has 1 aromatic carbocycles. The molecule has 130 valence electrons. The third-order valence-corrected chi connectivity index (χ3v) is 6.48. The Bertz CT molecular complexity index is 1040. The van der Waals surface area contributed by atoms with Gasteiger partial charge < -0.3 is 9.30 Å². The first-order valence-electron chi connectivity index (χ1n) is 8.18. The molecule has 4 rings (SSSR count). The highest BCUT2D eigenvalue weighted by Gasteiger charge is 2.24. The Morgan fingerprint density at radius 3 is 2.84 bits per heavy atom. The number of aromatic nitrogens is 2. The van der Waals surface area contributed by atoms with Crippen LogP contribution in [0.1, 0.15) is 11.3 Å². The molecule has 0 atom stereocenters. The molecule has 3 aromatic rings. The van der Waals surface area contributed by atoms with Crippen LogP contribution in [0.4, 0.5) is 5.69 Å². The highest BCUT2D eigenvalue weighted by atomic mass is 32.2. The molecule has 0 unspecified atom stereocenters. The first-order valence-corrected chi connectivity index (χ1v) is 9.62. The number of hydrogen-bond donors (Lipinski definition) is 0. The maximum Gasteiger partial charge on any atom is 0.242 e. The van der Waals surface area contributed by atoms with E-state index in [9.17, 15) is 8.42 Å². The van der Waals surface area contributed by atoms with E-state index in [1.807, 2.05) is 36.7 Å². The summed E-state index contributed by atoms with van der Waals surface area (Å²) in [6, 6.07) is 11.4. The molecule has 0 spiro atoms. The fourth-order valence-electron chi connectivity index (χ4n) is 3.26. The molecule has 0 saturated heterocycles. The van der Waals surface area contributed by atoms with Gasteiger partial charge in [0.05, 0.1) is 23.3 Å². The maximum absolute atomic E-state index is 12.4. The molecule has 0 fully saturated rings. The van der Waals surface area contributed by atoms with Crippen molar-refractivity contribution in [1.82, 2.24) is 13.7 Å². The molecule has 0 N–H and O–H groups in total. The van der Waals surface area contributed by atoms with Gasteiger partial charge in [0, 0.05) is 32.5 Å². The van der Waals surface area contributed by atoms with Gasteiger partial charge in [-0.2, -0.15) is 0 Å². The van der Waals surface area contributed by atoms with Crippen molar-refractivity contribution >= 4 is 21.4 Å². The second kappa shape index (κ2) is 5.86. The van der Waals surface area contributed by atoms with E-state index in [0.29, 0.717) is 11.4 Å². The van der Waals surface area contributed by atoms with Crippen LogP contribution in [-0.4, -0.2) is 42.7 Å². The van der Waals surface area contributed by atoms with Crippen molar-refractivity contribution in [1.29, 1.82) is 0 Å². The Labute approximate surface area is 147 Å². The lowest BCUT2D eigenvalue weighted by atomic mass is 10.2. The monoisotopic (exact) mass is 356 g/mol. The predicted molar refractivity (Wildman–Crippen MR) is 97.3 cm³/mol. The fourth-order valence-corrected chi connectivity index (χ4v) is 4.18. The van der Waals surface area contributed by atoms with Crippen LogP contribution >= 0.6 is 0 Å². The number of sulfonamides is 1. The van der Waals surface area contributed by atoms with Gasteiger partial charge in [-0.1, -0.05) is 12.1 Å². The van der Waals surface area contributed by atoms with Crippen molar-refractivity contribution in [2.24, 2.45) is 0 Å². The molecule has 1 aliphatic heterocycles. The summed E-state index contributed by atoms with van der Waals surface area (Å²) in [5, 5.41) is 0. The predicted octanol–water partition coefficient (Wildman–Crippen LogP) is 2.15. The molecule has 25 heavy (non-hydrogen) atoms. The summed E-state index contributed by atoms with van der Waals surface area (Å²) >= 11 is 0. The zero-order chi connectivity index (χ0) is 17.6. The second-order valence-electron chi connectivity index (χ2n) is 6.43. The number of rotatable bonds is 4. The highest BCUT2D eigenvalue weighted by Crippen LogP contribution is 2.32. The summed E-state index contributed by atoms with van der Waals surface area (Å²) in [4.78, 5) is 6.99. The minimum absolute atomic E-state index is 0.335. The van der Waals surface area contributed by atoms with Crippen molar-refractivity contribution in [3.05, 3.63) is 60.0 Å². The van der Waals surface area contributed by atoms with Crippen molar-refractivity contribution in [2.45, 2.75) is 17.9 Å². The fraction of sp³-hybridized carbons (Fsp3) is 0.278. The topological polar surface area (TPSA) is 57.9 Å². The van der Waals surface area contributed by atoms with Crippen LogP contribution in [0, 0.1) is 0 Å². The van der Waals surface area contributed by atoms with Crippen molar-refractivity contribution in [3.63, 3.8) is 0 Å². The standard InChI is InChI=1S/C18H20N4O2S/c1-20(2)25(23,24)16-7-6-14-8-10-21(17(14)11-16)13-15-12-19-18-5-3-4-9-22(15)18/h3-7,9,11-12H,8,10,13H2,1-2H3. The zero-order valence-electron chi connectivity index (χ0n) is 14.3. The average molecular weight is 356 g/mol. The minimum Gasteiger partial charge on any atom is -0.365 e. The highest BCUT2D eigenvalue weighted by molar-refractivity contribution is 7.89. The molecule has 1 aliphatic rings. The normalized spacial score (nSPS) is 14.4. The van der Waals surface area contributed by atoms with E-state index >= 15 is 0 Å². The van der Waals surface area contributed by atoms with E-state index in [1.165, 1.54) is 9.87 Å². The van der Waals surface area contributed by atoms with Crippen LogP contribution in [0.15, 0.2) is 53.7 Å². The molecule has 0 saturated carbocycles.